The molecule has 4 nitrogen and oxygen atoms in total. The molecule has 3 aromatic rings. The van der Waals surface area contributed by atoms with Crippen molar-refractivity contribution < 1.29 is 9.21 Å². The third kappa shape index (κ3) is 3.43. The third-order valence-corrected chi connectivity index (χ3v) is 5.01. The Morgan fingerprint density at radius 2 is 1.92 bits per heavy atom. The van der Waals surface area contributed by atoms with Crippen LogP contribution in [0.2, 0.25) is 0 Å². The summed E-state index contributed by atoms with van der Waals surface area (Å²) in [5.41, 5.74) is 3.56. The van der Waals surface area contributed by atoms with Crippen LogP contribution < -0.4 is 0 Å². The molecule has 0 N–H and O–H groups in total. The molecule has 0 saturated carbocycles. The fraction of sp³-hybridized carbons (Fsp3) is 0.333. The maximum Gasteiger partial charge on any atom is 0.253 e. The highest BCUT2D eigenvalue weighted by Gasteiger charge is 2.24. The molecular formula is C21H22N2O2. The highest BCUT2D eigenvalue weighted by Crippen LogP contribution is 2.24. The van der Waals surface area contributed by atoms with Crippen LogP contribution >= 0.6 is 0 Å². The fourth-order valence-electron chi connectivity index (χ4n) is 3.64. The number of carbonyl (C=O) groups excluding carboxylic acids is 1. The van der Waals surface area contributed by atoms with Gasteiger partial charge in [0.2, 0.25) is 0 Å². The van der Waals surface area contributed by atoms with Crippen molar-refractivity contribution in [3.05, 3.63) is 65.5 Å². The van der Waals surface area contributed by atoms with Gasteiger partial charge in [-0.2, -0.15) is 0 Å². The maximum absolute atomic E-state index is 12.8. The van der Waals surface area contributed by atoms with Crippen molar-refractivity contribution in [2.24, 2.45) is 5.92 Å². The monoisotopic (exact) mass is 334 g/mol. The highest BCUT2D eigenvalue weighted by molar-refractivity contribution is 5.97. The molecule has 4 heteroatoms. The molecule has 0 aliphatic carbocycles. The van der Waals surface area contributed by atoms with Crippen LogP contribution in [0, 0.1) is 12.8 Å². The number of piperidine rings is 1. The van der Waals surface area contributed by atoms with Crippen LogP contribution in [-0.2, 0) is 6.42 Å². The second-order valence-corrected chi connectivity index (χ2v) is 6.84. The van der Waals surface area contributed by atoms with Crippen LogP contribution in [0.3, 0.4) is 0 Å². The number of rotatable bonds is 3. The Morgan fingerprint density at radius 1 is 1.16 bits per heavy atom. The standard InChI is InChI=1S/C21H22N2O2/c1-15-22-19-8-7-18(14-20(19)25-15)21(24)23-11-9-17(10-12-23)13-16-5-3-2-4-6-16/h2-8,14,17H,9-13H2,1H3. The van der Waals surface area contributed by atoms with Crippen molar-refractivity contribution in [3.8, 4) is 0 Å². The Hall–Kier alpha value is -2.62. The summed E-state index contributed by atoms with van der Waals surface area (Å²) in [6, 6.07) is 16.1. The number of nitrogens with zero attached hydrogens (tertiary/aromatic N) is 2. The fourth-order valence-corrected chi connectivity index (χ4v) is 3.64. The van der Waals surface area contributed by atoms with Crippen molar-refractivity contribution in [1.82, 2.24) is 9.88 Å². The molecule has 25 heavy (non-hydrogen) atoms. The van der Waals surface area contributed by atoms with Crippen molar-refractivity contribution >= 4 is 17.0 Å². The summed E-state index contributed by atoms with van der Waals surface area (Å²) in [6.45, 7) is 3.46. The predicted molar refractivity (Wildman–Crippen MR) is 97.5 cm³/mol. The van der Waals surface area contributed by atoms with E-state index in [-0.39, 0.29) is 5.91 Å². The van der Waals surface area contributed by atoms with E-state index in [2.05, 4.69) is 35.3 Å². The summed E-state index contributed by atoms with van der Waals surface area (Å²) in [7, 11) is 0. The van der Waals surface area contributed by atoms with E-state index in [4.69, 9.17) is 4.42 Å². The van der Waals surface area contributed by atoms with Crippen LogP contribution in [0.1, 0.15) is 34.7 Å². The summed E-state index contributed by atoms with van der Waals surface area (Å²) >= 11 is 0. The summed E-state index contributed by atoms with van der Waals surface area (Å²) < 4.78 is 5.55. The molecule has 0 bridgehead atoms. The number of amides is 1. The predicted octanol–water partition coefficient (Wildman–Crippen LogP) is 4.23. The number of aryl methyl sites for hydroxylation is 1. The van der Waals surface area contributed by atoms with Gasteiger partial charge < -0.3 is 9.32 Å². The van der Waals surface area contributed by atoms with Gasteiger partial charge in [0, 0.05) is 25.6 Å². The number of hydrogen-bond donors (Lipinski definition) is 0. The third-order valence-electron chi connectivity index (χ3n) is 5.01. The normalized spacial score (nSPS) is 15.6. The average molecular weight is 334 g/mol. The summed E-state index contributed by atoms with van der Waals surface area (Å²) in [6.07, 6.45) is 3.22. The zero-order valence-electron chi connectivity index (χ0n) is 14.4. The number of aromatic nitrogens is 1. The minimum atomic E-state index is 0.0918. The lowest BCUT2D eigenvalue weighted by molar-refractivity contribution is 0.0690. The van der Waals surface area contributed by atoms with Crippen molar-refractivity contribution in [1.29, 1.82) is 0 Å². The van der Waals surface area contributed by atoms with Gasteiger partial charge in [-0.1, -0.05) is 30.3 Å². The van der Waals surface area contributed by atoms with Gasteiger partial charge >= 0.3 is 0 Å². The smallest absolute Gasteiger partial charge is 0.253 e. The molecule has 1 aliphatic heterocycles. The molecule has 0 unspecified atom stereocenters. The molecule has 1 fully saturated rings. The molecule has 1 aliphatic rings. The summed E-state index contributed by atoms with van der Waals surface area (Å²) in [4.78, 5) is 19.0. The van der Waals surface area contributed by atoms with E-state index in [0.29, 0.717) is 23.0 Å². The minimum Gasteiger partial charge on any atom is -0.441 e. The average Bonchev–Trinajstić information content (AvgIpc) is 3.02. The lowest BCUT2D eigenvalue weighted by Crippen LogP contribution is -2.38. The first-order valence-corrected chi connectivity index (χ1v) is 8.89. The number of likely N-dealkylation sites (tertiary alicyclic amines) is 1. The molecule has 1 saturated heterocycles. The Balaban J connectivity index is 1.40. The highest BCUT2D eigenvalue weighted by atomic mass is 16.3. The number of fused-ring (bicyclic) bond motifs is 1. The van der Waals surface area contributed by atoms with Crippen molar-refractivity contribution in [3.63, 3.8) is 0 Å². The van der Waals surface area contributed by atoms with E-state index in [9.17, 15) is 4.79 Å². The summed E-state index contributed by atoms with van der Waals surface area (Å²) in [5.74, 6) is 1.38. The first-order chi connectivity index (χ1) is 12.2. The van der Waals surface area contributed by atoms with Gasteiger partial charge in [0.25, 0.3) is 5.91 Å². The van der Waals surface area contributed by atoms with Crippen LogP contribution in [0.25, 0.3) is 11.1 Å². The van der Waals surface area contributed by atoms with Gasteiger partial charge in [0.05, 0.1) is 0 Å². The number of oxazole rings is 1. The number of carbonyl (C=O) groups is 1. The number of benzene rings is 2. The molecule has 0 radical (unpaired) electrons. The van der Waals surface area contributed by atoms with Crippen LogP contribution in [0.4, 0.5) is 0 Å². The lowest BCUT2D eigenvalue weighted by atomic mass is 9.90. The van der Waals surface area contributed by atoms with E-state index < -0.39 is 0 Å². The maximum atomic E-state index is 12.8. The van der Waals surface area contributed by atoms with Crippen molar-refractivity contribution in [2.75, 3.05) is 13.1 Å². The van der Waals surface area contributed by atoms with Gasteiger partial charge in [-0.3, -0.25) is 4.79 Å². The zero-order valence-corrected chi connectivity index (χ0v) is 14.4. The molecule has 1 aromatic heterocycles. The van der Waals surface area contributed by atoms with Crippen LogP contribution in [0.15, 0.2) is 52.9 Å². The Kier molecular flexibility index (Phi) is 4.26. The first kappa shape index (κ1) is 15.9. The molecule has 2 aromatic carbocycles. The number of hydrogen-bond acceptors (Lipinski definition) is 3. The topological polar surface area (TPSA) is 46.3 Å². The molecule has 1 amide bonds. The van der Waals surface area contributed by atoms with E-state index in [1.165, 1.54) is 5.56 Å². The van der Waals surface area contributed by atoms with Gasteiger partial charge in [-0.15, -0.1) is 0 Å². The van der Waals surface area contributed by atoms with Crippen LogP contribution in [-0.4, -0.2) is 28.9 Å². The zero-order chi connectivity index (χ0) is 17.2. The van der Waals surface area contributed by atoms with E-state index in [0.717, 1.165) is 37.9 Å². The molecule has 0 atom stereocenters. The molecule has 4 rings (SSSR count). The first-order valence-electron chi connectivity index (χ1n) is 8.89. The molecule has 2 heterocycles. The summed E-state index contributed by atoms with van der Waals surface area (Å²) in [5, 5.41) is 0. The van der Waals surface area contributed by atoms with Crippen molar-refractivity contribution in [2.45, 2.75) is 26.2 Å². The van der Waals surface area contributed by atoms with E-state index in [1.807, 2.05) is 30.0 Å². The Morgan fingerprint density at radius 3 is 2.68 bits per heavy atom. The molecule has 0 spiro atoms. The van der Waals surface area contributed by atoms with E-state index in [1.54, 1.807) is 0 Å². The quantitative estimate of drug-likeness (QED) is 0.720. The lowest BCUT2D eigenvalue weighted by Gasteiger charge is -2.32. The second kappa shape index (κ2) is 6.71. The van der Waals surface area contributed by atoms with Gasteiger partial charge in [-0.05, 0) is 48.9 Å². The van der Waals surface area contributed by atoms with Crippen LogP contribution in [0.5, 0.6) is 0 Å². The van der Waals surface area contributed by atoms with Gasteiger partial charge in [0.15, 0.2) is 11.5 Å². The van der Waals surface area contributed by atoms with E-state index >= 15 is 0 Å². The minimum absolute atomic E-state index is 0.0918. The largest absolute Gasteiger partial charge is 0.441 e. The molecule has 128 valence electrons. The SMILES string of the molecule is Cc1nc2ccc(C(=O)N3CCC(Cc4ccccc4)CC3)cc2o1. The second-order valence-electron chi connectivity index (χ2n) is 6.84. The molecular weight excluding hydrogens is 312 g/mol. The van der Waals surface area contributed by atoms with Gasteiger partial charge in [-0.25, -0.2) is 4.98 Å². The van der Waals surface area contributed by atoms with Gasteiger partial charge in [0.1, 0.15) is 5.52 Å². The Labute approximate surface area is 147 Å². The Bertz CT molecular complexity index is 877.